The summed E-state index contributed by atoms with van der Waals surface area (Å²) in [6.07, 6.45) is 4.22. The minimum atomic E-state index is -0.0776. The van der Waals surface area contributed by atoms with Crippen molar-refractivity contribution in [2.75, 3.05) is 6.54 Å². The highest BCUT2D eigenvalue weighted by Crippen LogP contribution is 2.31. The molecule has 0 aromatic rings. The first kappa shape index (κ1) is 13.3. The van der Waals surface area contributed by atoms with Gasteiger partial charge in [0.2, 0.25) is 5.91 Å². The standard InChI is InChI=1S/C14H25NO/c1-13(2,3)11-9-7-8-10-15(12(11)16)14(4,5)6/h9H,7-8,10H2,1-6H3. The molecule has 1 aliphatic rings. The first-order valence-corrected chi connectivity index (χ1v) is 6.16. The molecule has 16 heavy (non-hydrogen) atoms. The van der Waals surface area contributed by atoms with E-state index in [2.05, 4.69) is 47.6 Å². The predicted molar refractivity (Wildman–Crippen MR) is 68.2 cm³/mol. The maximum atomic E-state index is 12.5. The van der Waals surface area contributed by atoms with Gasteiger partial charge in [0.05, 0.1) is 0 Å². The van der Waals surface area contributed by atoms with E-state index in [4.69, 9.17) is 0 Å². The highest BCUT2D eigenvalue weighted by Gasteiger charge is 2.33. The zero-order valence-corrected chi connectivity index (χ0v) is 11.6. The smallest absolute Gasteiger partial charge is 0.250 e. The molecule has 1 aliphatic heterocycles. The van der Waals surface area contributed by atoms with Gasteiger partial charge in [0.25, 0.3) is 0 Å². The summed E-state index contributed by atoms with van der Waals surface area (Å²) in [6, 6.07) is 0. The van der Waals surface area contributed by atoms with Gasteiger partial charge in [-0.15, -0.1) is 0 Å². The molecule has 92 valence electrons. The number of rotatable bonds is 0. The second-order valence-electron chi connectivity index (χ2n) is 6.64. The molecule has 2 heteroatoms. The summed E-state index contributed by atoms with van der Waals surface area (Å²) in [5.74, 6) is 0.220. The normalized spacial score (nSPS) is 19.5. The monoisotopic (exact) mass is 223 g/mol. The molecular formula is C14H25NO. The van der Waals surface area contributed by atoms with Crippen LogP contribution in [0, 0.1) is 5.41 Å². The van der Waals surface area contributed by atoms with Crippen LogP contribution in [0.1, 0.15) is 54.4 Å². The van der Waals surface area contributed by atoms with Gasteiger partial charge >= 0.3 is 0 Å². The molecule has 1 rings (SSSR count). The average molecular weight is 223 g/mol. The predicted octanol–water partition coefficient (Wildman–Crippen LogP) is 3.38. The van der Waals surface area contributed by atoms with Crippen LogP contribution in [-0.4, -0.2) is 22.9 Å². The van der Waals surface area contributed by atoms with E-state index in [-0.39, 0.29) is 16.9 Å². The fourth-order valence-corrected chi connectivity index (χ4v) is 2.10. The molecular weight excluding hydrogens is 198 g/mol. The van der Waals surface area contributed by atoms with E-state index in [0.29, 0.717) is 0 Å². The Balaban J connectivity index is 3.05. The molecule has 0 saturated heterocycles. The van der Waals surface area contributed by atoms with Gasteiger partial charge in [-0.05, 0) is 39.0 Å². The lowest BCUT2D eigenvalue weighted by Gasteiger charge is -2.37. The van der Waals surface area contributed by atoms with Gasteiger partial charge in [0, 0.05) is 17.7 Å². The van der Waals surface area contributed by atoms with Crippen LogP contribution in [0.5, 0.6) is 0 Å². The summed E-state index contributed by atoms with van der Waals surface area (Å²) in [5, 5.41) is 0. The van der Waals surface area contributed by atoms with Gasteiger partial charge in [-0.1, -0.05) is 26.8 Å². The van der Waals surface area contributed by atoms with Crippen LogP contribution >= 0.6 is 0 Å². The molecule has 0 saturated carbocycles. The largest absolute Gasteiger partial charge is 0.334 e. The maximum absolute atomic E-state index is 12.5. The highest BCUT2D eigenvalue weighted by atomic mass is 16.2. The van der Waals surface area contributed by atoms with E-state index in [0.717, 1.165) is 25.0 Å². The van der Waals surface area contributed by atoms with Gasteiger partial charge in [-0.3, -0.25) is 4.79 Å². The van der Waals surface area contributed by atoms with Crippen molar-refractivity contribution >= 4 is 5.91 Å². The molecule has 0 radical (unpaired) electrons. The van der Waals surface area contributed by atoms with Gasteiger partial charge in [-0.2, -0.15) is 0 Å². The molecule has 1 amide bonds. The van der Waals surface area contributed by atoms with E-state index in [1.807, 2.05) is 4.90 Å². The number of carbonyl (C=O) groups is 1. The third-order valence-electron chi connectivity index (χ3n) is 3.03. The Morgan fingerprint density at radius 1 is 1.12 bits per heavy atom. The van der Waals surface area contributed by atoms with Crippen LogP contribution in [0.15, 0.2) is 11.6 Å². The van der Waals surface area contributed by atoms with Gasteiger partial charge in [0.15, 0.2) is 0 Å². The van der Waals surface area contributed by atoms with Crippen LogP contribution in [0.4, 0.5) is 0 Å². The minimum Gasteiger partial charge on any atom is -0.334 e. The van der Waals surface area contributed by atoms with Crippen LogP contribution in [-0.2, 0) is 4.79 Å². The fourth-order valence-electron chi connectivity index (χ4n) is 2.10. The van der Waals surface area contributed by atoms with Crippen molar-refractivity contribution in [1.82, 2.24) is 4.90 Å². The molecule has 0 unspecified atom stereocenters. The Bertz CT molecular complexity index is 302. The molecule has 0 atom stereocenters. The second kappa shape index (κ2) is 4.23. The summed E-state index contributed by atoms with van der Waals surface area (Å²) in [5.41, 5.74) is 0.844. The Hall–Kier alpha value is -0.790. The third kappa shape index (κ3) is 2.87. The van der Waals surface area contributed by atoms with Crippen molar-refractivity contribution in [1.29, 1.82) is 0 Å². The van der Waals surface area contributed by atoms with E-state index in [9.17, 15) is 4.79 Å². The lowest BCUT2D eigenvalue weighted by Crippen LogP contribution is -2.47. The number of hydrogen-bond acceptors (Lipinski definition) is 1. The van der Waals surface area contributed by atoms with Crippen molar-refractivity contribution in [2.24, 2.45) is 5.41 Å². The molecule has 0 aromatic carbocycles. The SMILES string of the molecule is CC(C)(C)C1=CCCCN(C(C)(C)C)C1=O. The average Bonchev–Trinajstić information content (AvgIpc) is 2.23. The number of carbonyl (C=O) groups excluding carboxylic acids is 1. The van der Waals surface area contributed by atoms with Crippen molar-refractivity contribution in [3.63, 3.8) is 0 Å². The molecule has 0 aliphatic carbocycles. The summed E-state index contributed by atoms with van der Waals surface area (Å²) >= 11 is 0. The van der Waals surface area contributed by atoms with E-state index < -0.39 is 0 Å². The summed E-state index contributed by atoms with van der Waals surface area (Å²) in [4.78, 5) is 14.5. The number of amides is 1. The van der Waals surface area contributed by atoms with Crippen molar-refractivity contribution in [2.45, 2.75) is 59.9 Å². The van der Waals surface area contributed by atoms with Gasteiger partial charge in [0.1, 0.15) is 0 Å². The van der Waals surface area contributed by atoms with Crippen molar-refractivity contribution in [3.05, 3.63) is 11.6 Å². The summed E-state index contributed by atoms with van der Waals surface area (Å²) in [6.45, 7) is 13.5. The van der Waals surface area contributed by atoms with E-state index in [1.54, 1.807) is 0 Å². The topological polar surface area (TPSA) is 20.3 Å². The van der Waals surface area contributed by atoms with Crippen molar-refractivity contribution < 1.29 is 4.79 Å². The maximum Gasteiger partial charge on any atom is 0.250 e. The molecule has 0 N–H and O–H groups in total. The van der Waals surface area contributed by atoms with E-state index >= 15 is 0 Å². The zero-order valence-electron chi connectivity index (χ0n) is 11.6. The molecule has 2 nitrogen and oxygen atoms in total. The molecule has 1 heterocycles. The van der Waals surface area contributed by atoms with Crippen LogP contribution in [0.2, 0.25) is 0 Å². The first-order valence-electron chi connectivity index (χ1n) is 6.16. The van der Waals surface area contributed by atoms with Crippen LogP contribution in [0.25, 0.3) is 0 Å². The number of allylic oxidation sites excluding steroid dienone is 1. The van der Waals surface area contributed by atoms with Gasteiger partial charge in [-0.25, -0.2) is 0 Å². The first-order chi connectivity index (χ1) is 7.14. The fraction of sp³-hybridized carbons (Fsp3) is 0.786. The highest BCUT2D eigenvalue weighted by molar-refractivity contribution is 5.95. The Labute approximate surface area is 99.7 Å². The number of nitrogens with zero attached hydrogens (tertiary/aromatic N) is 1. The van der Waals surface area contributed by atoms with Crippen LogP contribution in [0.3, 0.4) is 0 Å². The Kier molecular flexibility index (Phi) is 3.51. The van der Waals surface area contributed by atoms with E-state index in [1.165, 1.54) is 0 Å². The zero-order chi connectivity index (χ0) is 12.6. The quantitative estimate of drug-likeness (QED) is 0.616. The second-order valence-corrected chi connectivity index (χ2v) is 6.64. The Morgan fingerprint density at radius 2 is 1.69 bits per heavy atom. The molecule has 0 aromatic heterocycles. The van der Waals surface area contributed by atoms with Crippen molar-refractivity contribution in [3.8, 4) is 0 Å². The lowest BCUT2D eigenvalue weighted by atomic mass is 9.84. The summed E-state index contributed by atoms with van der Waals surface area (Å²) in [7, 11) is 0. The molecule has 0 fully saturated rings. The molecule has 0 bridgehead atoms. The summed E-state index contributed by atoms with van der Waals surface area (Å²) < 4.78 is 0. The van der Waals surface area contributed by atoms with Crippen LogP contribution < -0.4 is 0 Å². The van der Waals surface area contributed by atoms with Gasteiger partial charge < -0.3 is 4.90 Å². The Morgan fingerprint density at radius 3 is 2.12 bits per heavy atom. The third-order valence-corrected chi connectivity index (χ3v) is 3.03. The molecule has 0 spiro atoms. The lowest BCUT2D eigenvalue weighted by molar-refractivity contribution is -0.132. The number of hydrogen-bond donors (Lipinski definition) is 0. The minimum absolute atomic E-state index is 0.0507.